The Balaban J connectivity index is 2.31. The average Bonchev–Trinajstić information content (AvgIpc) is 2.73. The molecule has 5 heteroatoms. The first-order chi connectivity index (χ1) is 9.11. The van der Waals surface area contributed by atoms with E-state index < -0.39 is 0 Å². The second-order valence-corrected chi connectivity index (χ2v) is 4.98. The van der Waals surface area contributed by atoms with Gasteiger partial charge in [-0.25, -0.2) is 0 Å². The van der Waals surface area contributed by atoms with Gasteiger partial charge in [-0.1, -0.05) is 33.2 Å². The SMILES string of the molecule is CCOC(=O)Cc1c(C)noc1-c1ccc(Br)cc1. The van der Waals surface area contributed by atoms with E-state index in [1.54, 1.807) is 6.92 Å². The highest BCUT2D eigenvalue weighted by Crippen LogP contribution is 2.27. The second kappa shape index (κ2) is 6.02. The van der Waals surface area contributed by atoms with Crippen LogP contribution in [0.2, 0.25) is 0 Å². The molecule has 0 saturated carbocycles. The van der Waals surface area contributed by atoms with Gasteiger partial charge in [0.15, 0.2) is 5.76 Å². The number of carbonyl (C=O) groups excluding carboxylic acids is 1. The number of halogens is 1. The van der Waals surface area contributed by atoms with E-state index in [2.05, 4.69) is 21.1 Å². The first-order valence-electron chi connectivity index (χ1n) is 5.98. The van der Waals surface area contributed by atoms with Gasteiger partial charge in [-0.05, 0) is 26.0 Å². The summed E-state index contributed by atoms with van der Waals surface area (Å²) in [6.07, 6.45) is 0.175. The summed E-state index contributed by atoms with van der Waals surface area (Å²) in [5.41, 5.74) is 2.38. The molecule has 0 unspecified atom stereocenters. The molecule has 2 aromatic rings. The standard InChI is InChI=1S/C14H14BrNO3/c1-3-18-13(17)8-12-9(2)16-19-14(12)10-4-6-11(15)7-5-10/h4-7H,3,8H2,1-2H3. The number of ether oxygens (including phenoxy) is 1. The number of esters is 1. The summed E-state index contributed by atoms with van der Waals surface area (Å²) in [7, 11) is 0. The third-order valence-electron chi connectivity index (χ3n) is 2.72. The number of aryl methyl sites for hydroxylation is 1. The smallest absolute Gasteiger partial charge is 0.310 e. The van der Waals surface area contributed by atoms with E-state index in [1.807, 2.05) is 31.2 Å². The molecule has 0 bridgehead atoms. The lowest BCUT2D eigenvalue weighted by Crippen LogP contribution is -2.08. The normalized spacial score (nSPS) is 10.5. The molecular formula is C14H14BrNO3. The Bertz CT molecular complexity index is 575. The number of aromatic nitrogens is 1. The second-order valence-electron chi connectivity index (χ2n) is 4.06. The molecule has 0 atom stereocenters. The molecule has 0 saturated heterocycles. The van der Waals surface area contributed by atoms with Gasteiger partial charge in [0.2, 0.25) is 0 Å². The van der Waals surface area contributed by atoms with Gasteiger partial charge < -0.3 is 9.26 Å². The van der Waals surface area contributed by atoms with Gasteiger partial charge in [0, 0.05) is 15.6 Å². The first-order valence-corrected chi connectivity index (χ1v) is 6.77. The van der Waals surface area contributed by atoms with Gasteiger partial charge in [-0.2, -0.15) is 0 Å². The number of hydrogen-bond donors (Lipinski definition) is 0. The summed E-state index contributed by atoms with van der Waals surface area (Å²) in [4.78, 5) is 11.6. The maximum absolute atomic E-state index is 11.6. The van der Waals surface area contributed by atoms with E-state index in [1.165, 1.54) is 0 Å². The number of nitrogens with zero attached hydrogens (tertiary/aromatic N) is 1. The van der Waals surface area contributed by atoms with Crippen molar-refractivity contribution >= 4 is 21.9 Å². The van der Waals surface area contributed by atoms with Crippen molar-refractivity contribution in [2.45, 2.75) is 20.3 Å². The molecule has 1 aromatic heterocycles. The molecule has 0 N–H and O–H groups in total. The van der Waals surface area contributed by atoms with E-state index in [0.29, 0.717) is 18.1 Å². The summed E-state index contributed by atoms with van der Waals surface area (Å²) >= 11 is 3.38. The summed E-state index contributed by atoms with van der Waals surface area (Å²) in [6.45, 7) is 3.98. The van der Waals surface area contributed by atoms with Crippen LogP contribution in [0.1, 0.15) is 18.2 Å². The van der Waals surface area contributed by atoms with Crippen LogP contribution in [0.25, 0.3) is 11.3 Å². The van der Waals surface area contributed by atoms with Gasteiger partial charge in [0.1, 0.15) is 0 Å². The molecule has 0 aliphatic heterocycles. The summed E-state index contributed by atoms with van der Waals surface area (Å²) < 4.78 is 11.3. The lowest BCUT2D eigenvalue weighted by molar-refractivity contribution is -0.142. The Morgan fingerprint density at radius 3 is 2.68 bits per heavy atom. The quantitative estimate of drug-likeness (QED) is 0.808. The van der Waals surface area contributed by atoms with Crippen molar-refractivity contribution in [3.8, 4) is 11.3 Å². The van der Waals surface area contributed by atoms with Crippen molar-refractivity contribution in [2.75, 3.05) is 6.61 Å². The lowest BCUT2D eigenvalue weighted by Gasteiger charge is -2.03. The number of hydrogen-bond acceptors (Lipinski definition) is 4. The van der Waals surface area contributed by atoms with E-state index >= 15 is 0 Å². The topological polar surface area (TPSA) is 52.3 Å². The van der Waals surface area contributed by atoms with E-state index in [0.717, 1.165) is 15.6 Å². The summed E-state index contributed by atoms with van der Waals surface area (Å²) in [5, 5.41) is 3.93. The minimum Gasteiger partial charge on any atom is -0.466 e. The van der Waals surface area contributed by atoms with Crippen molar-refractivity contribution in [3.63, 3.8) is 0 Å². The molecular weight excluding hydrogens is 310 g/mol. The molecule has 1 heterocycles. The molecule has 1 aromatic carbocycles. The number of carbonyl (C=O) groups is 1. The van der Waals surface area contributed by atoms with Crippen LogP contribution in [0.15, 0.2) is 33.3 Å². The zero-order valence-corrected chi connectivity index (χ0v) is 12.4. The average molecular weight is 324 g/mol. The van der Waals surface area contributed by atoms with Crippen molar-refractivity contribution in [2.24, 2.45) is 0 Å². The molecule has 0 fully saturated rings. The highest BCUT2D eigenvalue weighted by molar-refractivity contribution is 9.10. The maximum Gasteiger partial charge on any atom is 0.310 e. The third-order valence-corrected chi connectivity index (χ3v) is 3.25. The Morgan fingerprint density at radius 1 is 1.37 bits per heavy atom. The Hall–Kier alpha value is -1.62. The first kappa shape index (κ1) is 13.8. The highest BCUT2D eigenvalue weighted by Gasteiger charge is 2.18. The predicted molar refractivity (Wildman–Crippen MR) is 74.7 cm³/mol. The van der Waals surface area contributed by atoms with Crippen molar-refractivity contribution in [3.05, 3.63) is 40.0 Å². The van der Waals surface area contributed by atoms with Crippen LogP contribution in [-0.2, 0) is 16.0 Å². The summed E-state index contributed by atoms with van der Waals surface area (Å²) in [6, 6.07) is 7.67. The maximum atomic E-state index is 11.6. The minimum atomic E-state index is -0.271. The van der Waals surface area contributed by atoms with Crippen LogP contribution in [-0.4, -0.2) is 17.7 Å². The predicted octanol–water partition coefficient (Wildman–Crippen LogP) is 3.52. The Labute approximate surface area is 119 Å². The van der Waals surface area contributed by atoms with Crippen molar-refractivity contribution in [1.82, 2.24) is 5.16 Å². The van der Waals surface area contributed by atoms with Gasteiger partial charge in [0.25, 0.3) is 0 Å². The number of benzene rings is 1. The van der Waals surface area contributed by atoms with Crippen molar-refractivity contribution < 1.29 is 14.1 Å². The molecule has 0 radical (unpaired) electrons. The molecule has 19 heavy (non-hydrogen) atoms. The molecule has 4 nitrogen and oxygen atoms in total. The van der Waals surface area contributed by atoms with Crippen LogP contribution >= 0.6 is 15.9 Å². The molecule has 100 valence electrons. The molecule has 0 amide bonds. The molecule has 0 spiro atoms. The van der Waals surface area contributed by atoms with Gasteiger partial charge in [-0.15, -0.1) is 0 Å². The molecule has 0 aliphatic carbocycles. The Kier molecular flexibility index (Phi) is 4.37. The van der Waals surface area contributed by atoms with Gasteiger partial charge >= 0.3 is 5.97 Å². The van der Waals surface area contributed by atoms with Crippen LogP contribution in [0, 0.1) is 6.92 Å². The molecule has 2 rings (SSSR count). The third kappa shape index (κ3) is 3.23. The highest BCUT2D eigenvalue weighted by atomic mass is 79.9. The van der Waals surface area contributed by atoms with Crippen LogP contribution < -0.4 is 0 Å². The van der Waals surface area contributed by atoms with E-state index in [-0.39, 0.29) is 12.4 Å². The monoisotopic (exact) mass is 323 g/mol. The zero-order valence-electron chi connectivity index (χ0n) is 10.8. The van der Waals surface area contributed by atoms with E-state index in [9.17, 15) is 4.79 Å². The van der Waals surface area contributed by atoms with Crippen LogP contribution in [0.3, 0.4) is 0 Å². The largest absolute Gasteiger partial charge is 0.466 e. The van der Waals surface area contributed by atoms with Crippen LogP contribution in [0.5, 0.6) is 0 Å². The fraction of sp³-hybridized carbons (Fsp3) is 0.286. The summed E-state index contributed by atoms with van der Waals surface area (Å²) in [5.74, 6) is 0.352. The van der Waals surface area contributed by atoms with E-state index in [4.69, 9.17) is 9.26 Å². The van der Waals surface area contributed by atoms with Crippen LogP contribution in [0.4, 0.5) is 0 Å². The minimum absolute atomic E-state index is 0.175. The van der Waals surface area contributed by atoms with Gasteiger partial charge in [0.05, 0.1) is 18.7 Å². The van der Waals surface area contributed by atoms with Gasteiger partial charge in [-0.3, -0.25) is 4.79 Å². The zero-order chi connectivity index (χ0) is 13.8. The fourth-order valence-electron chi connectivity index (χ4n) is 1.78. The molecule has 0 aliphatic rings. The van der Waals surface area contributed by atoms with Crippen molar-refractivity contribution in [1.29, 1.82) is 0 Å². The fourth-order valence-corrected chi connectivity index (χ4v) is 2.05. The lowest BCUT2D eigenvalue weighted by atomic mass is 10.0. The number of rotatable bonds is 4. The Morgan fingerprint density at radius 2 is 2.05 bits per heavy atom.